The number of hydrogen-bond acceptors (Lipinski definition) is 4. The molecule has 0 fully saturated rings. The summed E-state index contributed by atoms with van der Waals surface area (Å²) < 4.78 is 5.52. The van der Waals surface area contributed by atoms with Crippen LogP contribution in [0.1, 0.15) is 35.3 Å². The van der Waals surface area contributed by atoms with Crippen LogP contribution in [0.3, 0.4) is 0 Å². The molecule has 0 atom stereocenters. The largest absolute Gasteiger partial charge is 0.422 e. The Kier molecular flexibility index (Phi) is 5.32. The molecule has 26 heavy (non-hydrogen) atoms. The minimum Gasteiger partial charge on any atom is -0.422 e. The smallest absolute Gasteiger partial charge is 0.343 e. The Morgan fingerprint density at radius 1 is 0.923 bits per heavy atom. The Morgan fingerprint density at radius 2 is 1.62 bits per heavy atom. The van der Waals surface area contributed by atoms with E-state index in [-0.39, 0.29) is 5.63 Å². The van der Waals surface area contributed by atoms with E-state index in [2.05, 4.69) is 18.7 Å². The van der Waals surface area contributed by atoms with Crippen molar-refractivity contribution in [3.05, 3.63) is 75.6 Å². The molecule has 1 heterocycles. The lowest BCUT2D eigenvalue weighted by atomic mass is 10.1. The molecule has 0 unspecified atom stereocenters. The number of fused-ring (bicyclic) bond motifs is 1. The number of benzene rings is 2. The first-order chi connectivity index (χ1) is 12.6. The fourth-order valence-electron chi connectivity index (χ4n) is 2.89. The van der Waals surface area contributed by atoms with E-state index in [1.54, 1.807) is 18.2 Å². The highest BCUT2D eigenvalue weighted by Crippen LogP contribution is 2.22. The topological polar surface area (TPSA) is 50.5 Å². The van der Waals surface area contributed by atoms with Crippen LogP contribution in [0.4, 0.5) is 5.69 Å². The summed E-state index contributed by atoms with van der Waals surface area (Å²) in [7, 11) is 0. The zero-order valence-corrected chi connectivity index (χ0v) is 14.9. The van der Waals surface area contributed by atoms with E-state index in [0.717, 1.165) is 36.0 Å². The summed E-state index contributed by atoms with van der Waals surface area (Å²) in [6.45, 7) is 5.99. The van der Waals surface area contributed by atoms with Gasteiger partial charge in [0, 0.05) is 35.8 Å². The molecule has 0 saturated heterocycles. The van der Waals surface area contributed by atoms with E-state index in [4.69, 9.17) is 4.42 Å². The second-order valence-electron chi connectivity index (χ2n) is 6.00. The quantitative estimate of drug-likeness (QED) is 0.482. The molecular weight excluding hydrogens is 326 g/mol. The maximum atomic E-state index is 12.3. The second-order valence-corrected chi connectivity index (χ2v) is 6.00. The minimum atomic E-state index is -0.366. The van der Waals surface area contributed by atoms with Crippen LogP contribution in [0.15, 0.2) is 57.7 Å². The van der Waals surface area contributed by atoms with Gasteiger partial charge in [-0.3, -0.25) is 4.79 Å². The molecular formula is C22H21NO3. The summed E-state index contributed by atoms with van der Waals surface area (Å²) in [6.07, 6.45) is 4.37. The van der Waals surface area contributed by atoms with E-state index >= 15 is 0 Å². The average molecular weight is 347 g/mol. The number of aldehydes is 1. The molecule has 0 N–H and O–H groups in total. The van der Waals surface area contributed by atoms with Gasteiger partial charge >= 0.3 is 5.63 Å². The number of hydrogen-bond donors (Lipinski definition) is 0. The predicted molar refractivity (Wildman–Crippen MR) is 107 cm³/mol. The molecule has 1 aromatic heterocycles. The van der Waals surface area contributed by atoms with Crippen molar-refractivity contribution < 1.29 is 9.21 Å². The predicted octanol–water partition coefficient (Wildman–Crippen LogP) is 4.62. The third kappa shape index (κ3) is 3.75. The van der Waals surface area contributed by atoms with Crippen LogP contribution in [-0.4, -0.2) is 19.4 Å². The van der Waals surface area contributed by atoms with Gasteiger partial charge in [-0.15, -0.1) is 0 Å². The van der Waals surface area contributed by atoms with Crippen LogP contribution in [0.2, 0.25) is 0 Å². The summed E-state index contributed by atoms with van der Waals surface area (Å²) in [4.78, 5) is 25.2. The summed E-state index contributed by atoms with van der Waals surface area (Å²) in [5, 5.41) is 0.886. The Bertz CT molecular complexity index is 996. The van der Waals surface area contributed by atoms with Gasteiger partial charge in [-0.05, 0) is 43.7 Å². The monoisotopic (exact) mass is 347 g/mol. The van der Waals surface area contributed by atoms with Crippen molar-refractivity contribution in [2.24, 2.45) is 0 Å². The highest BCUT2D eigenvalue weighted by atomic mass is 16.4. The number of anilines is 1. The first-order valence-electron chi connectivity index (χ1n) is 8.70. The van der Waals surface area contributed by atoms with Crippen molar-refractivity contribution in [1.82, 2.24) is 0 Å². The molecule has 0 spiro atoms. The number of nitrogens with zero attached hydrogens (tertiary/aromatic N) is 1. The van der Waals surface area contributed by atoms with Crippen molar-refractivity contribution >= 4 is 35.1 Å². The van der Waals surface area contributed by atoms with Crippen molar-refractivity contribution in [3.63, 3.8) is 0 Å². The highest BCUT2D eigenvalue weighted by molar-refractivity contribution is 5.84. The molecule has 4 nitrogen and oxygen atoms in total. The van der Waals surface area contributed by atoms with Crippen LogP contribution < -0.4 is 10.5 Å². The Labute approximate surface area is 152 Å². The second kappa shape index (κ2) is 7.83. The summed E-state index contributed by atoms with van der Waals surface area (Å²) >= 11 is 0. The van der Waals surface area contributed by atoms with Gasteiger partial charge in [0.15, 0.2) is 0 Å². The third-order valence-corrected chi connectivity index (χ3v) is 4.40. The van der Waals surface area contributed by atoms with Crippen molar-refractivity contribution in [2.75, 3.05) is 18.0 Å². The van der Waals surface area contributed by atoms with Crippen molar-refractivity contribution in [3.8, 4) is 0 Å². The molecule has 0 aliphatic carbocycles. The van der Waals surface area contributed by atoms with Crippen LogP contribution in [0, 0.1) is 0 Å². The van der Waals surface area contributed by atoms with Gasteiger partial charge in [0.05, 0.1) is 5.56 Å². The van der Waals surface area contributed by atoms with Gasteiger partial charge in [-0.1, -0.05) is 30.3 Å². The van der Waals surface area contributed by atoms with Crippen LogP contribution in [-0.2, 0) is 0 Å². The fraction of sp³-hybridized carbons (Fsp3) is 0.182. The maximum absolute atomic E-state index is 12.3. The Balaban J connectivity index is 1.93. The maximum Gasteiger partial charge on any atom is 0.343 e. The minimum absolute atomic E-state index is 0.366. The summed E-state index contributed by atoms with van der Waals surface area (Å²) in [6, 6.07) is 14.9. The molecule has 4 heteroatoms. The average Bonchev–Trinajstić information content (AvgIpc) is 2.67. The lowest BCUT2D eigenvalue weighted by Crippen LogP contribution is -2.21. The first kappa shape index (κ1) is 17.7. The van der Waals surface area contributed by atoms with Crippen LogP contribution in [0.5, 0.6) is 0 Å². The van der Waals surface area contributed by atoms with E-state index in [1.807, 2.05) is 42.5 Å². The van der Waals surface area contributed by atoms with Gasteiger partial charge in [0.1, 0.15) is 11.9 Å². The zero-order chi connectivity index (χ0) is 18.5. The third-order valence-electron chi connectivity index (χ3n) is 4.40. The Hall–Kier alpha value is -3.14. The van der Waals surface area contributed by atoms with Gasteiger partial charge in [0.2, 0.25) is 0 Å². The lowest BCUT2D eigenvalue weighted by molar-refractivity contribution is 0.112. The number of carbonyl (C=O) groups excluding carboxylic acids is 1. The van der Waals surface area contributed by atoms with Crippen molar-refractivity contribution in [2.45, 2.75) is 13.8 Å². The fourth-order valence-corrected chi connectivity index (χ4v) is 2.89. The normalized spacial score (nSPS) is 11.2. The van der Waals surface area contributed by atoms with E-state index in [9.17, 15) is 9.59 Å². The molecule has 0 bridgehead atoms. The molecule has 132 valence electrons. The molecule has 0 radical (unpaired) electrons. The van der Waals surface area contributed by atoms with Gasteiger partial charge in [0.25, 0.3) is 0 Å². The number of rotatable bonds is 6. The molecule has 0 amide bonds. The molecule has 0 aliphatic heterocycles. The zero-order valence-electron chi connectivity index (χ0n) is 14.9. The van der Waals surface area contributed by atoms with E-state index in [1.165, 1.54) is 0 Å². The van der Waals surface area contributed by atoms with E-state index in [0.29, 0.717) is 16.7 Å². The highest BCUT2D eigenvalue weighted by Gasteiger charge is 2.07. The van der Waals surface area contributed by atoms with E-state index < -0.39 is 0 Å². The van der Waals surface area contributed by atoms with Crippen LogP contribution in [0.25, 0.3) is 23.1 Å². The molecule has 0 saturated carbocycles. The Morgan fingerprint density at radius 3 is 2.27 bits per heavy atom. The summed E-state index contributed by atoms with van der Waals surface area (Å²) in [5.74, 6) is 0. The number of carbonyl (C=O) groups is 1. The van der Waals surface area contributed by atoms with Gasteiger partial charge in [-0.2, -0.15) is 0 Å². The standard InChI is InChI=1S/C22H21NO3/c1-3-23(4-2)20-12-11-18-13-19(22(25)26-21(18)14-20)10-9-16-5-7-17(15-24)8-6-16/h5-15H,3-4H2,1-2H3. The molecule has 0 aliphatic rings. The molecule has 3 aromatic rings. The van der Waals surface area contributed by atoms with Crippen LogP contribution >= 0.6 is 0 Å². The molecule has 3 rings (SSSR count). The SMILES string of the molecule is CCN(CC)c1ccc2cc(C=Cc3ccc(C=O)cc3)c(=O)oc2c1. The lowest BCUT2D eigenvalue weighted by Gasteiger charge is -2.20. The van der Waals surface area contributed by atoms with Crippen molar-refractivity contribution in [1.29, 1.82) is 0 Å². The molecule has 2 aromatic carbocycles. The first-order valence-corrected chi connectivity index (χ1v) is 8.70. The summed E-state index contributed by atoms with van der Waals surface area (Å²) in [5.41, 5.74) is 3.29. The van der Waals surface area contributed by atoms with Gasteiger partial charge < -0.3 is 9.32 Å². The van der Waals surface area contributed by atoms with Gasteiger partial charge in [-0.25, -0.2) is 4.79 Å².